The van der Waals surface area contributed by atoms with Crippen LogP contribution in [0, 0.1) is 0 Å². The highest BCUT2D eigenvalue weighted by Gasteiger charge is 2.29. The second kappa shape index (κ2) is 4.84. The summed E-state index contributed by atoms with van der Waals surface area (Å²) in [6.45, 7) is 3.02. The number of hydrogen-bond acceptors (Lipinski definition) is 4. The van der Waals surface area contributed by atoms with Gasteiger partial charge in [0.15, 0.2) is 0 Å². The molecule has 1 saturated heterocycles. The zero-order valence-electron chi connectivity index (χ0n) is 9.25. The van der Waals surface area contributed by atoms with Crippen molar-refractivity contribution in [3.05, 3.63) is 16.2 Å². The molecular weight excluding hydrogens is 277 g/mol. The van der Waals surface area contributed by atoms with Crippen molar-refractivity contribution in [3.8, 4) is 0 Å². The molecule has 2 aliphatic heterocycles. The van der Waals surface area contributed by atoms with Gasteiger partial charge in [0.05, 0.1) is 14.9 Å². The smallest absolute Gasteiger partial charge is 0.144 e. The van der Waals surface area contributed by atoms with E-state index >= 15 is 0 Å². The van der Waals surface area contributed by atoms with Crippen LogP contribution in [-0.4, -0.2) is 36.4 Å². The minimum absolute atomic E-state index is 0.530. The molecule has 2 aliphatic rings. The van der Waals surface area contributed by atoms with Crippen molar-refractivity contribution in [2.45, 2.75) is 17.4 Å². The largest absolute Gasteiger partial charge is 0.350 e. The lowest BCUT2D eigenvalue weighted by molar-refractivity contribution is 0.465. The minimum atomic E-state index is 0.530. The van der Waals surface area contributed by atoms with Gasteiger partial charge in [-0.1, -0.05) is 23.2 Å². The van der Waals surface area contributed by atoms with Crippen LogP contribution in [0.2, 0.25) is 10.0 Å². The summed E-state index contributed by atoms with van der Waals surface area (Å²) in [6, 6.07) is 0.530. The molecule has 0 saturated carbocycles. The topological polar surface area (TPSA) is 28.2 Å². The van der Waals surface area contributed by atoms with Gasteiger partial charge in [-0.3, -0.25) is 0 Å². The molecule has 1 aromatic heterocycles. The summed E-state index contributed by atoms with van der Waals surface area (Å²) in [7, 11) is 0. The highest BCUT2D eigenvalue weighted by atomic mass is 35.5. The quantitative estimate of drug-likeness (QED) is 0.795. The Bertz CT molecular complexity index is 441. The van der Waals surface area contributed by atoms with Crippen LogP contribution in [0.3, 0.4) is 0 Å². The third-order valence-electron chi connectivity index (χ3n) is 3.23. The predicted octanol–water partition coefficient (Wildman–Crippen LogP) is 2.66. The molecule has 1 atom stereocenters. The Kier molecular flexibility index (Phi) is 3.39. The Labute approximate surface area is 115 Å². The van der Waals surface area contributed by atoms with E-state index in [-0.39, 0.29) is 0 Å². The predicted molar refractivity (Wildman–Crippen MR) is 73.6 cm³/mol. The highest BCUT2D eigenvalue weighted by molar-refractivity contribution is 7.99. The van der Waals surface area contributed by atoms with Crippen molar-refractivity contribution in [2.75, 3.05) is 30.3 Å². The highest BCUT2D eigenvalue weighted by Crippen LogP contribution is 2.42. The van der Waals surface area contributed by atoms with Crippen LogP contribution >= 0.6 is 35.0 Å². The Balaban J connectivity index is 2.06. The second-order valence-corrected chi connectivity index (χ2v) is 6.15. The van der Waals surface area contributed by atoms with Gasteiger partial charge in [-0.05, 0) is 6.42 Å². The zero-order valence-corrected chi connectivity index (χ0v) is 11.6. The van der Waals surface area contributed by atoms with E-state index in [0.717, 1.165) is 42.5 Å². The molecule has 0 unspecified atom stereocenters. The Morgan fingerprint density at radius 3 is 3.24 bits per heavy atom. The van der Waals surface area contributed by atoms with E-state index in [1.165, 1.54) is 0 Å². The molecule has 1 aromatic rings. The SMILES string of the molecule is Clc1cnc2c(c1Cl)SCC[C@@H]1CNCCN21. The van der Waals surface area contributed by atoms with E-state index in [4.69, 9.17) is 23.2 Å². The average molecular weight is 290 g/mol. The maximum Gasteiger partial charge on any atom is 0.144 e. The van der Waals surface area contributed by atoms with Crippen LogP contribution in [0.5, 0.6) is 0 Å². The van der Waals surface area contributed by atoms with Crippen molar-refractivity contribution >= 4 is 40.8 Å². The van der Waals surface area contributed by atoms with Crippen molar-refractivity contribution < 1.29 is 0 Å². The zero-order chi connectivity index (χ0) is 11.8. The van der Waals surface area contributed by atoms with Crippen molar-refractivity contribution in [3.63, 3.8) is 0 Å². The summed E-state index contributed by atoms with van der Waals surface area (Å²) in [5.41, 5.74) is 0. The first-order valence-electron chi connectivity index (χ1n) is 5.71. The van der Waals surface area contributed by atoms with Crippen LogP contribution < -0.4 is 10.2 Å². The van der Waals surface area contributed by atoms with E-state index in [9.17, 15) is 0 Å². The molecule has 0 amide bonds. The lowest BCUT2D eigenvalue weighted by Gasteiger charge is -2.36. The number of pyridine rings is 1. The fourth-order valence-corrected chi connectivity index (χ4v) is 3.99. The van der Waals surface area contributed by atoms with Gasteiger partial charge in [0, 0.05) is 37.6 Å². The van der Waals surface area contributed by atoms with Crippen LogP contribution in [-0.2, 0) is 0 Å². The maximum absolute atomic E-state index is 6.28. The van der Waals surface area contributed by atoms with Crippen LogP contribution in [0.1, 0.15) is 6.42 Å². The Morgan fingerprint density at radius 2 is 2.35 bits per heavy atom. The summed E-state index contributed by atoms with van der Waals surface area (Å²) in [5, 5.41) is 4.63. The number of aromatic nitrogens is 1. The molecule has 3 nitrogen and oxygen atoms in total. The number of halogens is 2. The maximum atomic E-state index is 6.28. The van der Waals surface area contributed by atoms with Crippen molar-refractivity contribution in [1.82, 2.24) is 10.3 Å². The number of nitrogens with one attached hydrogen (secondary N) is 1. The molecule has 92 valence electrons. The molecule has 0 aromatic carbocycles. The molecule has 0 spiro atoms. The van der Waals surface area contributed by atoms with Gasteiger partial charge in [0.2, 0.25) is 0 Å². The molecule has 0 bridgehead atoms. The van der Waals surface area contributed by atoms with Gasteiger partial charge < -0.3 is 10.2 Å². The first-order valence-corrected chi connectivity index (χ1v) is 7.45. The number of fused-ring (bicyclic) bond motifs is 3. The first-order chi connectivity index (χ1) is 8.27. The second-order valence-electron chi connectivity index (χ2n) is 4.26. The van der Waals surface area contributed by atoms with Gasteiger partial charge in [-0.15, -0.1) is 11.8 Å². The molecule has 3 rings (SSSR count). The first kappa shape index (κ1) is 11.9. The molecule has 0 radical (unpaired) electrons. The fraction of sp³-hybridized carbons (Fsp3) is 0.545. The van der Waals surface area contributed by atoms with Gasteiger partial charge in [0.1, 0.15) is 5.82 Å². The van der Waals surface area contributed by atoms with E-state index in [1.54, 1.807) is 18.0 Å². The average Bonchev–Trinajstić information content (AvgIpc) is 2.54. The standard InChI is InChI=1S/C11H13Cl2N3S/c12-8-6-15-11-10(9(8)13)17-4-1-7-5-14-2-3-16(7)11/h6-7,14H,1-5H2/t7-/m1/s1. The number of rotatable bonds is 0. The third-order valence-corrected chi connectivity index (χ3v) is 5.24. The van der Waals surface area contributed by atoms with Gasteiger partial charge in [0.25, 0.3) is 0 Å². The molecule has 0 aliphatic carbocycles. The van der Waals surface area contributed by atoms with Gasteiger partial charge in [-0.2, -0.15) is 0 Å². The number of piperazine rings is 1. The van der Waals surface area contributed by atoms with E-state index in [1.807, 2.05) is 0 Å². The Hall–Kier alpha value is -0.160. The van der Waals surface area contributed by atoms with E-state index < -0.39 is 0 Å². The van der Waals surface area contributed by atoms with Gasteiger partial charge in [-0.25, -0.2) is 4.98 Å². The lowest BCUT2D eigenvalue weighted by atomic mass is 10.1. The number of nitrogens with zero attached hydrogens (tertiary/aromatic N) is 2. The van der Waals surface area contributed by atoms with Crippen LogP contribution in [0.25, 0.3) is 0 Å². The summed E-state index contributed by atoms with van der Waals surface area (Å²) in [4.78, 5) is 7.90. The Morgan fingerprint density at radius 1 is 1.47 bits per heavy atom. The molecule has 3 heterocycles. The number of thioether (sulfide) groups is 1. The molecule has 6 heteroatoms. The summed E-state index contributed by atoms with van der Waals surface area (Å²) >= 11 is 14.1. The van der Waals surface area contributed by atoms with Crippen molar-refractivity contribution in [2.24, 2.45) is 0 Å². The molecular formula is C11H13Cl2N3S. The van der Waals surface area contributed by atoms with Crippen LogP contribution in [0.4, 0.5) is 5.82 Å². The number of hydrogen-bond donors (Lipinski definition) is 1. The molecule has 1 N–H and O–H groups in total. The summed E-state index contributed by atoms with van der Waals surface area (Å²) < 4.78 is 0. The fourth-order valence-electron chi connectivity index (χ4n) is 2.37. The number of anilines is 1. The van der Waals surface area contributed by atoms with E-state index in [0.29, 0.717) is 16.1 Å². The lowest BCUT2D eigenvalue weighted by Crippen LogP contribution is -2.51. The third kappa shape index (κ3) is 2.12. The van der Waals surface area contributed by atoms with E-state index in [2.05, 4.69) is 15.2 Å². The minimum Gasteiger partial charge on any atom is -0.350 e. The van der Waals surface area contributed by atoms with Crippen molar-refractivity contribution in [1.29, 1.82) is 0 Å². The summed E-state index contributed by atoms with van der Waals surface area (Å²) in [5.74, 6) is 2.07. The monoisotopic (exact) mass is 289 g/mol. The van der Waals surface area contributed by atoms with Gasteiger partial charge >= 0.3 is 0 Å². The normalized spacial score (nSPS) is 23.9. The van der Waals surface area contributed by atoms with Crippen LogP contribution in [0.15, 0.2) is 11.1 Å². The summed E-state index contributed by atoms with van der Waals surface area (Å²) in [6.07, 6.45) is 2.82. The molecule has 17 heavy (non-hydrogen) atoms. The molecule has 1 fully saturated rings.